The average Bonchev–Trinajstić information content (AvgIpc) is 3.18. The van der Waals surface area contributed by atoms with Gasteiger partial charge < -0.3 is 4.74 Å². The number of hydrogen-bond acceptors (Lipinski definition) is 3. The van der Waals surface area contributed by atoms with Crippen LogP contribution in [0, 0.1) is 0 Å². The third-order valence-electron chi connectivity index (χ3n) is 5.88. The maximum atomic E-state index is 13.6. The van der Waals surface area contributed by atoms with Crippen molar-refractivity contribution in [3.8, 4) is 0 Å². The lowest BCUT2D eigenvalue weighted by Gasteiger charge is -2.28. The number of ether oxygens (including phenoxy) is 1. The zero-order valence-corrected chi connectivity index (χ0v) is 19.5. The summed E-state index contributed by atoms with van der Waals surface area (Å²) in [6.45, 7) is 6.41. The molecule has 1 aliphatic heterocycles. The van der Waals surface area contributed by atoms with Gasteiger partial charge in [-0.3, -0.25) is 4.79 Å². The van der Waals surface area contributed by atoms with Gasteiger partial charge in [0.2, 0.25) is 5.91 Å². The Morgan fingerprint density at radius 2 is 1.41 bits per heavy atom. The summed E-state index contributed by atoms with van der Waals surface area (Å²) >= 11 is 0. The number of benzene rings is 3. The zero-order chi connectivity index (χ0) is 23.6. The molecule has 1 saturated heterocycles. The molecule has 2 amide bonds. The van der Waals surface area contributed by atoms with Gasteiger partial charge in [0, 0.05) is 39.8 Å². The molecule has 0 spiro atoms. The van der Waals surface area contributed by atoms with E-state index >= 15 is 0 Å². The second kappa shape index (κ2) is 8.88. The van der Waals surface area contributed by atoms with Crippen molar-refractivity contribution in [3.05, 3.63) is 108 Å². The minimum atomic E-state index is -1.65. The van der Waals surface area contributed by atoms with E-state index in [4.69, 9.17) is 6.11 Å². The van der Waals surface area contributed by atoms with Crippen LogP contribution in [0.2, 0.25) is 0 Å². The van der Waals surface area contributed by atoms with E-state index in [1.54, 1.807) is 0 Å². The van der Waals surface area contributed by atoms with E-state index in [2.05, 4.69) is 20.0 Å². The molecule has 32 heavy (non-hydrogen) atoms. The first kappa shape index (κ1) is 20.9. The molecule has 0 radical (unpaired) electrons. The molecule has 2 atom stereocenters. The van der Waals surface area contributed by atoms with E-state index in [1.165, 1.54) is 0 Å². The van der Waals surface area contributed by atoms with Crippen molar-refractivity contribution >= 4 is 19.3 Å². The van der Waals surface area contributed by atoms with Gasteiger partial charge in [0.15, 0.2) is 5.60 Å². The van der Waals surface area contributed by atoms with Crippen LogP contribution in [-0.2, 0) is 15.1 Å². The van der Waals surface area contributed by atoms with Gasteiger partial charge in [-0.25, -0.2) is 9.69 Å². The highest BCUT2D eigenvalue weighted by Crippen LogP contribution is 2.62. The van der Waals surface area contributed by atoms with Crippen molar-refractivity contribution in [2.45, 2.75) is 17.7 Å². The first-order chi connectivity index (χ1) is 15.7. The molecule has 0 aliphatic carbocycles. The molecular weight excluding hydrogens is 417 g/mol. The Morgan fingerprint density at radius 1 is 0.938 bits per heavy atom. The molecule has 0 bridgehead atoms. The van der Waals surface area contributed by atoms with E-state index in [0.717, 1.165) is 21.6 Å². The van der Waals surface area contributed by atoms with Crippen molar-refractivity contribution in [1.82, 2.24) is 4.90 Å². The van der Waals surface area contributed by atoms with E-state index < -0.39 is 31.3 Å². The number of cyclic esters (lactones) is 1. The van der Waals surface area contributed by atoms with Gasteiger partial charge in [0.25, 0.3) is 0 Å². The maximum absolute atomic E-state index is 13.6. The maximum Gasteiger partial charge on any atom is 0.417 e. The van der Waals surface area contributed by atoms with Crippen molar-refractivity contribution in [1.29, 1.82) is 0 Å². The SMILES string of the molecule is [2H]C(C(=O)N1CC(c2ccccc2)(c2ccccc2)OC1=O)C(c1ccccc1)[P+](C)(C)C. The van der Waals surface area contributed by atoms with Gasteiger partial charge in [-0.1, -0.05) is 91.0 Å². The van der Waals surface area contributed by atoms with Gasteiger partial charge in [0.1, 0.15) is 5.66 Å². The lowest BCUT2D eigenvalue weighted by molar-refractivity contribution is -0.127. The molecule has 4 nitrogen and oxygen atoms in total. The number of amides is 2. The molecule has 1 heterocycles. The van der Waals surface area contributed by atoms with Gasteiger partial charge in [-0.05, 0) is 5.56 Å². The predicted molar refractivity (Wildman–Crippen MR) is 130 cm³/mol. The minimum absolute atomic E-state index is 0.0399. The molecule has 0 saturated carbocycles. The van der Waals surface area contributed by atoms with Crippen LogP contribution in [0.1, 0.15) is 30.1 Å². The fourth-order valence-corrected chi connectivity index (χ4v) is 5.86. The van der Waals surface area contributed by atoms with Gasteiger partial charge in [-0.2, -0.15) is 0 Å². The molecule has 3 aromatic carbocycles. The molecule has 1 aliphatic rings. The van der Waals surface area contributed by atoms with Crippen LogP contribution in [-0.4, -0.2) is 43.4 Å². The summed E-state index contributed by atoms with van der Waals surface area (Å²) in [6.07, 6.45) is -1.81. The highest BCUT2D eigenvalue weighted by atomic mass is 31.2. The number of rotatable bonds is 6. The fourth-order valence-electron chi connectivity index (χ4n) is 4.22. The van der Waals surface area contributed by atoms with E-state index in [1.807, 2.05) is 91.0 Å². The smallest absolute Gasteiger partial charge is 0.417 e. The molecule has 0 aromatic heterocycles. The summed E-state index contributed by atoms with van der Waals surface area (Å²) in [5.41, 5.74) is 1.17. The highest BCUT2D eigenvalue weighted by molar-refractivity contribution is 7.74. The lowest BCUT2D eigenvalue weighted by atomic mass is 9.86. The van der Waals surface area contributed by atoms with E-state index in [-0.39, 0.29) is 12.2 Å². The Kier molecular flexibility index (Phi) is 5.80. The number of carbonyl (C=O) groups is 2. The Balaban J connectivity index is 1.71. The predicted octanol–water partition coefficient (Wildman–Crippen LogP) is 5.95. The van der Waals surface area contributed by atoms with Crippen molar-refractivity contribution in [2.75, 3.05) is 26.5 Å². The minimum Gasteiger partial charge on any atom is -0.431 e. The van der Waals surface area contributed by atoms with Gasteiger partial charge in [0.05, 0.1) is 12.9 Å². The van der Waals surface area contributed by atoms with Crippen LogP contribution in [0.5, 0.6) is 0 Å². The van der Waals surface area contributed by atoms with Gasteiger partial charge in [-0.15, -0.1) is 0 Å². The number of imide groups is 1. The standard InChI is InChI=1S/C27H29NO3P/c1-32(2,3)24(21-13-7-4-8-14-21)19-25(29)28-20-27(31-26(28)30,22-15-9-5-10-16-22)23-17-11-6-12-18-23/h4-18,24H,19-20H2,1-3H3/q+1/i19D. The number of nitrogens with zero attached hydrogens (tertiary/aromatic N) is 1. The number of carbonyl (C=O) groups excluding carboxylic acids is 2. The second-order valence-electron chi connectivity index (χ2n) is 8.99. The highest BCUT2D eigenvalue weighted by Gasteiger charge is 2.51. The molecule has 3 aromatic rings. The summed E-state index contributed by atoms with van der Waals surface area (Å²) in [6, 6.07) is 28.7. The topological polar surface area (TPSA) is 46.6 Å². The molecular formula is C27H29NO3P+. The fraction of sp³-hybridized carbons (Fsp3) is 0.259. The largest absolute Gasteiger partial charge is 0.431 e. The van der Waals surface area contributed by atoms with Crippen molar-refractivity contribution in [2.24, 2.45) is 0 Å². The normalized spacial score (nSPS) is 17.9. The van der Waals surface area contributed by atoms with E-state index in [9.17, 15) is 9.59 Å². The molecule has 164 valence electrons. The number of hydrogen-bond donors (Lipinski definition) is 0. The summed E-state index contributed by atoms with van der Waals surface area (Å²) in [5.74, 6) is -0.516. The molecule has 0 N–H and O–H groups in total. The molecule has 4 rings (SSSR count). The third-order valence-corrected chi connectivity index (χ3v) is 8.00. The summed E-state index contributed by atoms with van der Waals surface area (Å²) in [4.78, 5) is 27.9. The van der Waals surface area contributed by atoms with Gasteiger partial charge >= 0.3 is 6.09 Å². The summed E-state index contributed by atoms with van der Waals surface area (Å²) in [5, 5.41) is 0. The Labute approximate surface area is 192 Å². The van der Waals surface area contributed by atoms with Crippen molar-refractivity contribution in [3.63, 3.8) is 0 Å². The second-order valence-corrected chi connectivity index (χ2v) is 13.8. The lowest BCUT2D eigenvalue weighted by Crippen LogP contribution is -2.37. The van der Waals surface area contributed by atoms with E-state index in [0.29, 0.717) is 0 Å². The first-order valence-corrected chi connectivity index (χ1v) is 13.9. The van der Waals surface area contributed by atoms with Crippen LogP contribution in [0.25, 0.3) is 0 Å². The summed E-state index contributed by atoms with van der Waals surface area (Å²) in [7, 11) is -1.65. The Bertz CT molecular complexity index is 1080. The van der Waals surface area contributed by atoms with Crippen LogP contribution in [0.4, 0.5) is 4.79 Å². The Hall–Kier alpha value is -2.97. The quantitative estimate of drug-likeness (QED) is 0.439. The Morgan fingerprint density at radius 3 is 1.88 bits per heavy atom. The first-order valence-electron chi connectivity index (χ1n) is 11.3. The van der Waals surface area contributed by atoms with Crippen LogP contribution < -0.4 is 0 Å². The molecule has 2 unspecified atom stereocenters. The van der Waals surface area contributed by atoms with Crippen molar-refractivity contribution < 1.29 is 15.7 Å². The average molecular weight is 448 g/mol. The molecule has 5 heteroatoms. The van der Waals surface area contributed by atoms with Crippen LogP contribution in [0.15, 0.2) is 91.0 Å². The van der Waals surface area contributed by atoms with Crippen LogP contribution in [0.3, 0.4) is 0 Å². The monoisotopic (exact) mass is 447 g/mol. The van der Waals surface area contributed by atoms with Crippen LogP contribution >= 0.6 is 7.26 Å². The molecule has 1 fully saturated rings. The third kappa shape index (κ3) is 4.33. The summed E-state index contributed by atoms with van der Waals surface area (Å²) < 4.78 is 14.9. The zero-order valence-electron chi connectivity index (χ0n) is 19.6.